The Morgan fingerprint density at radius 2 is 1.97 bits per heavy atom. The van der Waals surface area contributed by atoms with E-state index in [1.807, 2.05) is 29.2 Å². The molecular weight excluding hydrogens is 424 g/mol. The van der Waals surface area contributed by atoms with Gasteiger partial charge in [-0.3, -0.25) is 5.10 Å². The number of rotatable bonds is 5. The highest BCUT2D eigenvalue weighted by molar-refractivity contribution is 6.31. The molecule has 0 aliphatic carbocycles. The predicted octanol–water partition coefficient (Wildman–Crippen LogP) is 5.21. The summed E-state index contributed by atoms with van der Waals surface area (Å²) in [5.41, 5.74) is 3.51. The number of aromatic amines is 1. The number of aromatic nitrogens is 2. The van der Waals surface area contributed by atoms with Crippen LogP contribution in [0.3, 0.4) is 0 Å². The summed E-state index contributed by atoms with van der Waals surface area (Å²) in [6, 6.07) is 11.8. The molecule has 32 heavy (non-hydrogen) atoms. The number of carbonyl (C=O) groups excluding carboxylic acids is 1. The Morgan fingerprint density at radius 1 is 1.28 bits per heavy atom. The molecule has 170 valence electrons. The normalized spacial score (nSPS) is 16.3. The van der Waals surface area contributed by atoms with Crippen LogP contribution in [0.25, 0.3) is 10.9 Å². The van der Waals surface area contributed by atoms with Crippen LogP contribution in [0.15, 0.2) is 42.6 Å². The number of amides is 2. The highest BCUT2D eigenvalue weighted by atomic mass is 35.5. The van der Waals surface area contributed by atoms with Crippen LogP contribution in [-0.2, 0) is 6.54 Å². The standard InChI is InChI=1S/C25H31ClN4O2/c1-16-4-6-17(7-5-16)14-27-24(32)30-10-8-19(9-11-30)25(2,3)23(31)21-13-20(26)12-18-15-28-29-22(18)21/h4-7,12-13,15,19,23,31H,8-11,14H2,1-3H3,(H,27,32)(H,28,29)/t23-/m1/s1. The van der Waals surface area contributed by atoms with Crippen molar-refractivity contribution in [3.8, 4) is 0 Å². The van der Waals surface area contributed by atoms with Crippen molar-refractivity contribution >= 4 is 28.5 Å². The number of fused-ring (bicyclic) bond motifs is 1. The molecule has 2 amide bonds. The molecule has 0 spiro atoms. The zero-order valence-corrected chi connectivity index (χ0v) is 19.6. The molecule has 3 aromatic rings. The number of aliphatic hydroxyl groups excluding tert-OH is 1. The topological polar surface area (TPSA) is 81.2 Å². The van der Waals surface area contributed by atoms with E-state index in [-0.39, 0.29) is 17.4 Å². The van der Waals surface area contributed by atoms with E-state index in [1.54, 1.807) is 6.20 Å². The van der Waals surface area contributed by atoms with E-state index in [0.29, 0.717) is 24.7 Å². The molecule has 2 aromatic carbocycles. The average Bonchev–Trinajstić information content (AvgIpc) is 3.26. The number of carbonyl (C=O) groups is 1. The van der Waals surface area contributed by atoms with Crippen molar-refractivity contribution in [3.05, 3.63) is 64.3 Å². The number of hydrogen-bond acceptors (Lipinski definition) is 3. The van der Waals surface area contributed by atoms with Crippen LogP contribution in [0.5, 0.6) is 0 Å². The highest BCUT2D eigenvalue weighted by Crippen LogP contribution is 2.46. The first-order valence-corrected chi connectivity index (χ1v) is 11.5. The Bertz CT molecular complexity index is 1090. The Labute approximate surface area is 194 Å². The van der Waals surface area contributed by atoms with Gasteiger partial charge in [0.25, 0.3) is 0 Å². The first kappa shape index (κ1) is 22.6. The second-order valence-electron chi connectivity index (χ2n) is 9.46. The van der Waals surface area contributed by atoms with Gasteiger partial charge in [-0.15, -0.1) is 0 Å². The largest absolute Gasteiger partial charge is 0.388 e. The molecule has 2 heterocycles. The molecule has 1 saturated heterocycles. The quantitative estimate of drug-likeness (QED) is 0.495. The fourth-order valence-corrected chi connectivity index (χ4v) is 4.94. The Balaban J connectivity index is 1.37. The number of nitrogens with zero attached hydrogens (tertiary/aromatic N) is 2. The van der Waals surface area contributed by atoms with Crippen LogP contribution in [-0.4, -0.2) is 39.3 Å². The molecular formula is C25H31ClN4O2. The van der Waals surface area contributed by atoms with E-state index in [4.69, 9.17) is 11.6 Å². The van der Waals surface area contributed by atoms with Gasteiger partial charge in [-0.1, -0.05) is 55.3 Å². The second kappa shape index (κ2) is 9.12. The van der Waals surface area contributed by atoms with Crippen molar-refractivity contribution in [2.75, 3.05) is 13.1 Å². The fraction of sp³-hybridized carbons (Fsp3) is 0.440. The van der Waals surface area contributed by atoms with Crippen LogP contribution in [0.2, 0.25) is 5.02 Å². The number of aliphatic hydroxyl groups is 1. The summed E-state index contributed by atoms with van der Waals surface area (Å²) in [6.07, 6.45) is 2.71. The third-order valence-corrected chi connectivity index (χ3v) is 7.16. The van der Waals surface area contributed by atoms with Gasteiger partial charge in [-0.25, -0.2) is 4.79 Å². The summed E-state index contributed by atoms with van der Waals surface area (Å²) in [7, 11) is 0. The second-order valence-corrected chi connectivity index (χ2v) is 9.90. The van der Waals surface area contributed by atoms with Gasteiger partial charge >= 0.3 is 6.03 Å². The van der Waals surface area contributed by atoms with Gasteiger partial charge in [0.05, 0.1) is 17.8 Å². The lowest BCUT2D eigenvalue weighted by Crippen LogP contribution is -2.47. The number of aryl methyl sites for hydroxylation is 1. The summed E-state index contributed by atoms with van der Waals surface area (Å²) in [4.78, 5) is 14.5. The third kappa shape index (κ3) is 4.62. The van der Waals surface area contributed by atoms with E-state index >= 15 is 0 Å². The number of benzene rings is 2. The van der Waals surface area contributed by atoms with E-state index in [0.717, 1.165) is 34.9 Å². The maximum absolute atomic E-state index is 12.6. The maximum atomic E-state index is 12.6. The number of urea groups is 1. The van der Waals surface area contributed by atoms with E-state index < -0.39 is 6.10 Å². The zero-order valence-electron chi connectivity index (χ0n) is 18.9. The average molecular weight is 455 g/mol. The SMILES string of the molecule is Cc1ccc(CNC(=O)N2CCC(C(C)(C)[C@H](O)c3cc(Cl)cc4cn[nH]c34)CC2)cc1. The molecule has 1 aromatic heterocycles. The summed E-state index contributed by atoms with van der Waals surface area (Å²) in [5.74, 6) is 0.274. The molecule has 1 fully saturated rings. The number of H-pyrrole nitrogens is 1. The lowest BCUT2D eigenvalue weighted by Gasteiger charge is -2.43. The molecule has 0 saturated carbocycles. The summed E-state index contributed by atoms with van der Waals surface area (Å²) in [6.45, 7) is 8.12. The molecule has 4 rings (SSSR count). The minimum absolute atomic E-state index is 0.0311. The van der Waals surface area contributed by atoms with Crippen LogP contribution in [0, 0.1) is 18.3 Å². The number of halogens is 1. The minimum Gasteiger partial charge on any atom is -0.388 e. The highest BCUT2D eigenvalue weighted by Gasteiger charge is 2.40. The summed E-state index contributed by atoms with van der Waals surface area (Å²) < 4.78 is 0. The van der Waals surface area contributed by atoms with Gasteiger partial charge in [0.15, 0.2) is 0 Å². The Hall–Kier alpha value is -2.57. The van der Waals surface area contributed by atoms with Gasteiger partial charge in [-0.05, 0) is 48.8 Å². The van der Waals surface area contributed by atoms with E-state index in [1.165, 1.54) is 5.56 Å². The van der Waals surface area contributed by atoms with Crippen LogP contribution >= 0.6 is 11.6 Å². The molecule has 1 atom stereocenters. The van der Waals surface area contributed by atoms with Crippen molar-refractivity contribution in [1.82, 2.24) is 20.4 Å². The van der Waals surface area contributed by atoms with Crippen LogP contribution in [0.4, 0.5) is 4.79 Å². The van der Waals surface area contributed by atoms with Gasteiger partial charge in [0, 0.05) is 35.6 Å². The lowest BCUT2D eigenvalue weighted by atomic mass is 9.68. The van der Waals surface area contributed by atoms with Gasteiger partial charge < -0.3 is 15.3 Å². The number of nitrogens with one attached hydrogen (secondary N) is 2. The molecule has 1 aliphatic heterocycles. The number of piperidine rings is 1. The summed E-state index contributed by atoms with van der Waals surface area (Å²) in [5, 5.41) is 23.0. The summed E-state index contributed by atoms with van der Waals surface area (Å²) >= 11 is 6.29. The molecule has 0 radical (unpaired) electrons. The van der Waals surface area contributed by atoms with Crippen molar-refractivity contribution in [2.45, 2.75) is 46.3 Å². The molecule has 0 bridgehead atoms. The molecule has 3 N–H and O–H groups in total. The predicted molar refractivity (Wildman–Crippen MR) is 128 cm³/mol. The van der Waals surface area contributed by atoms with Crippen molar-refractivity contribution < 1.29 is 9.90 Å². The Morgan fingerprint density at radius 3 is 2.66 bits per heavy atom. The maximum Gasteiger partial charge on any atom is 0.317 e. The van der Waals surface area contributed by atoms with Crippen LogP contribution < -0.4 is 5.32 Å². The first-order chi connectivity index (χ1) is 15.3. The number of hydrogen-bond donors (Lipinski definition) is 3. The Kier molecular flexibility index (Phi) is 6.45. The molecule has 6 nitrogen and oxygen atoms in total. The zero-order chi connectivity index (χ0) is 22.9. The van der Waals surface area contributed by atoms with Gasteiger partial charge in [0.2, 0.25) is 0 Å². The van der Waals surface area contributed by atoms with Crippen LogP contribution in [0.1, 0.15) is 49.5 Å². The monoisotopic (exact) mass is 454 g/mol. The van der Waals surface area contributed by atoms with E-state index in [9.17, 15) is 9.90 Å². The van der Waals surface area contributed by atoms with Crippen molar-refractivity contribution in [3.63, 3.8) is 0 Å². The molecule has 7 heteroatoms. The van der Waals surface area contributed by atoms with Crippen molar-refractivity contribution in [2.24, 2.45) is 11.3 Å². The van der Waals surface area contributed by atoms with E-state index in [2.05, 4.69) is 48.4 Å². The molecule has 0 unspecified atom stereocenters. The fourth-order valence-electron chi connectivity index (χ4n) is 4.71. The van der Waals surface area contributed by atoms with Gasteiger partial charge in [-0.2, -0.15) is 5.10 Å². The number of likely N-dealkylation sites (tertiary alicyclic amines) is 1. The van der Waals surface area contributed by atoms with Crippen molar-refractivity contribution in [1.29, 1.82) is 0 Å². The minimum atomic E-state index is -0.698. The third-order valence-electron chi connectivity index (χ3n) is 6.94. The smallest absolute Gasteiger partial charge is 0.317 e. The molecule has 1 aliphatic rings. The lowest BCUT2D eigenvalue weighted by molar-refractivity contribution is -0.0143. The first-order valence-electron chi connectivity index (χ1n) is 11.1. The van der Waals surface area contributed by atoms with Gasteiger partial charge in [0.1, 0.15) is 0 Å².